The van der Waals surface area contributed by atoms with Gasteiger partial charge in [-0.2, -0.15) is 0 Å². The SMILES string of the molecule is CNc1cccc(N(C)CCC(C)C)c1[N+](=O)[O-]. The maximum absolute atomic E-state index is 11.2. The molecule has 5 heteroatoms. The minimum Gasteiger partial charge on any atom is -0.382 e. The van der Waals surface area contributed by atoms with E-state index < -0.39 is 0 Å². The Kier molecular flexibility index (Phi) is 4.95. The van der Waals surface area contributed by atoms with Crippen LogP contribution in [0.2, 0.25) is 0 Å². The summed E-state index contributed by atoms with van der Waals surface area (Å²) in [7, 11) is 3.59. The molecule has 0 amide bonds. The lowest BCUT2D eigenvalue weighted by Gasteiger charge is -2.21. The Morgan fingerprint density at radius 3 is 2.61 bits per heavy atom. The van der Waals surface area contributed by atoms with Crippen molar-refractivity contribution in [2.75, 3.05) is 30.9 Å². The van der Waals surface area contributed by atoms with Crippen LogP contribution in [0.1, 0.15) is 20.3 Å². The number of hydrogen-bond donors (Lipinski definition) is 1. The lowest BCUT2D eigenvalue weighted by Crippen LogP contribution is -2.21. The van der Waals surface area contributed by atoms with Gasteiger partial charge < -0.3 is 10.2 Å². The van der Waals surface area contributed by atoms with Gasteiger partial charge in [0, 0.05) is 20.6 Å². The Morgan fingerprint density at radius 1 is 1.44 bits per heavy atom. The van der Waals surface area contributed by atoms with E-state index in [4.69, 9.17) is 0 Å². The fourth-order valence-electron chi connectivity index (χ4n) is 1.81. The number of benzene rings is 1. The van der Waals surface area contributed by atoms with Gasteiger partial charge in [-0.1, -0.05) is 19.9 Å². The summed E-state index contributed by atoms with van der Waals surface area (Å²) >= 11 is 0. The fourth-order valence-corrected chi connectivity index (χ4v) is 1.81. The third-order valence-electron chi connectivity index (χ3n) is 2.92. The second kappa shape index (κ2) is 6.23. The fraction of sp³-hybridized carbons (Fsp3) is 0.538. The molecule has 18 heavy (non-hydrogen) atoms. The minimum absolute atomic E-state index is 0.145. The van der Waals surface area contributed by atoms with Crippen molar-refractivity contribution in [3.63, 3.8) is 0 Å². The second-order valence-corrected chi connectivity index (χ2v) is 4.78. The first-order valence-corrected chi connectivity index (χ1v) is 6.13. The van der Waals surface area contributed by atoms with Gasteiger partial charge in [0.2, 0.25) is 0 Å². The molecule has 1 N–H and O–H groups in total. The number of nitro benzene ring substituents is 1. The van der Waals surface area contributed by atoms with Crippen molar-refractivity contribution in [2.24, 2.45) is 5.92 Å². The highest BCUT2D eigenvalue weighted by molar-refractivity contribution is 5.76. The van der Waals surface area contributed by atoms with E-state index >= 15 is 0 Å². The molecule has 0 aliphatic carbocycles. The highest BCUT2D eigenvalue weighted by Crippen LogP contribution is 2.34. The van der Waals surface area contributed by atoms with Gasteiger partial charge in [0.05, 0.1) is 4.92 Å². The molecular formula is C13H21N3O2. The molecule has 1 aromatic rings. The van der Waals surface area contributed by atoms with Gasteiger partial charge in [0.15, 0.2) is 0 Å². The van der Waals surface area contributed by atoms with E-state index in [2.05, 4.69) is 19.2 Å². The van der Waals surface area contributed by atoms with Crippen LogP contribution in [0.5, 0.6) is 0 Å². The molecule has 1 rings (SSSR count). The average molecular weight is 251 g/mol. The van der Waals surface area contributed by atoms with E-state index in [1.807, 2.05) is 18.0 Å². The average Bonchev–Trinajstić information content (AvgIpc) is 2.34. The lowest BCUT2D eigenvalue weighted by molar-refractivity contribution is -0.383. The zero-order valence-electron chi connectivity index (χ0n) is 11.4. The summed E-state index contributed by atoms with van der Waals surface area (Å²) in [5.41, 5.74) is 1.35. The summed E-state index contributed by atoms with van der Waals surface area (Å²) in [4.78, 5) is 12.8. The monoisotopic (exact) mass is 251 g/mol. The molecule has 0 atom stereocenters. The number of nitro groups is 1. The van der Waals surface area contributed by atoms with Gasteiger partial charge in [-0.15, -0.1) is 0 Å². The topological polar surface area (TPSA) is 58.4 Å². The molecule has 0 aliphatic heterocycles. The van der Waals surface area contributed by atoms with Gasteiger partial charge in [0.25, 0.3) is 0 Å². The predicted octanol–water partition coefficient (Wildman–Crippen LogP) is 3.12. The molecule has 0 spiro atoms. The van der Waals surface area contributed by atoms with Crippen LogP contribution in [0.25, 0.3) is 0 Å². The van der Waals surface area contributed by atoms with Crippen molar-refractivity contribution >= 4 is 17.1 Å². The van der Waals surface area contributed by atoms with Crippen molar-refractivity contribution in [2.45, 2.75) is 20.3 Å². The number of nitrogens with one attached hydrogen (secondary N) is 1. The predicted molar refractivity (Wildman–Crippen MR) is 75.4 cm³/mol. The van der Waals surface area contributed by atoms with Crippen molar-refractivity contribution < 1.29 is 4.92 Å². The molecule has 1 aromatic carbocycles. The highest BCUT2D eigenvalue weighted by atomic mass is 16.6. The van der Waals surface area contributed by atoms with Gasteiger partial charge in [-0.05, 0) is 24.5 Å². The van der Waals surface area contributed by atoms with Crippen molar-refractivity contribution in [3.05, 3.63) is 28.3 Å². The summed E-state index contributed by atoms with van der Waals surface area (Å²) in [6.07, 6.45) is 1.01. The zero-order chi connectivity index (χ0) is 13.7. The molecule has 0 fully saturated rings. The molecule has 5 nitrogen and oxygen atoms in total. The normalized spacial score (nSPS) is 10.5. The van der Waals surface area contributed by atoms with Gasteiger partial charge in [0.1, 0.15) is 11.4 Å². The molecular weight excluding hydrogens is 230 g/mol. The van der Waals surface area contributed by atoms with Crippen LogP contribution in [-0.4, -0.2) is 25.6 Å². The minimum atomic E-state index is -0.326. The molecule has 0 heterocycles. The summed E-state index contributed by atoms with van der Waals surface area (Å²) < 4.78 is 0. The largest absolute Gasteiger partial charge is 0.382 e. The number of para-hydroxylation sites is 1. The van der Waals surface area contributed by atoms with Crippen LogP contribution in [0.15, 0.2) is 18.2 Å². The Bertz CT molecular complexity index is 419. The third kappa shape index (κ3) is 3.35. The molecule has 0 aliphatic rings. The molecule has 0 bridgehead atoms. The van der Waals surface area contributed by atoms with Crippen LogP contribution >= 0.6 is 0 Å². The van der Waals surface area contributed by atoms with Crippen molar-refractivity contribution in [1.29, 1.82) is 0 Å². The van der Waals surface area contributed by atoms with E-state index in [0.717, 1.165) is 13.0 Å². The third-order valence-corrected chi connectivity index (χ3v) is 2.92. The van der Waals surface area contributed by atoms with Gasteiger partial charge in [-0.3, -0.25) is 10.1 Å². The number of rotatable bonds is 6. The van der Waals surface area contributed by atoms with Crippen molar-refractivity contribution in [1.82, 2.24) is 0 Å². The van der Waals surface area contributed by atoms with E-state index in [1.165, 1.54) is 0 Å². The maximum Gasteiger partial charge on any atom is 0.315 e. The quantitative estimate of drug-likeness (QED) is 0.623. The molecule has 100 valence electrons. The maximum atomic E-state index is 11.2. The lowest BCUT2D eigenvalue weighted by atomic mass is 10.1. The van der Waals surface area contributed by atoms with E-state index in [0.29, 0.717) is 17.3 Å². The van der Waals surface area contributed by atoms with Crippen LogP contribution in [0.4, 0.5) is 17.1 Å². The number of hydrogen-bond acceptors (Lipinski definition) is 4. The molecule has 0 unspecified atom stereocenters. The molecule has 0 saturated carbocycles. The highest BCUT2D eigenvalue weighted by Gasteiger charge is 2.21. The molecule has 0 radical (unpaired) electrons. The smallest absolute Gasteiger partial charge is 0.315 e. The van der Waals surface area contributed by atoms with Crippen molar-refractivity contribution in [3.8, 4) is 0 Å². The van der Waals surface area contributed by atoms with E-state index in [1.54, 1.807) is 19.2 Å². The molecule has 0 saturated heterocycles. The first kappa shape index (κ1) is 14.3. The van der Waals surface area contributed by atoms with Gasteiger partial charge in [-0.25, -0.2) is 0 Å². The van der Waals surface area contributed by atoms with E-state index in [-0.39, 0.29) is 10.6 Å². The Labute approximate surface area is 108 Å². The first-order valence-electron chi connectivity index (χ1n) is 6.13. The van der Waals surface area contributed by atoms with Crippen LogP contribution in [0.3, 0.4) is 0 Å². The Morgan fingerprint density at radius 2 is 2.11 bits per heavy atom. The zero-order valence-corrected chi connectivity index (χ0v) is 11.4. The van der Waals surface area contributed by atoms with E-state index in [9.17, 15) is 10.1 Å². The number of anilines is 2. The summed E-state index contributed by atoms with van der Waals surface area (Å²) in [5.74, 6) is 0.582. The molecule has 0 aromatic heterocycles. The van der Waals surface area contributed by atoms with Crippen LogP contribution in [-0.2, 0) is 0 Å². The van der Waals surface area contributed by atoms with Crippen LogP contribution < -0.4 is 10.2 Å². The Balaban J connectivity index is 3.03. The summed E-state index contributed by atoms with van der Waals surface area (Å²) in [5, 5.41) is 14.1. The second-order valence-electron chi connectivity index (χ2n) is 4.78. The van der Waals surface area contributed by atoms with Crippen LogP contribution in [0, 0.1) is 16.0 Å². The number of nitrogens with zero attached hydrogens (tertiary/aromatic N) is 2. The Hall–Kier alpha value is -1.78. The van der Waals surface area contributed by atoms with Gasteiger partial charge >= 0.3 is 5.69 Å². The standard InChI is InChI=1S/C13H21N3O2/c1-10(2)8-9-15(4)12-7-5-6-11(14-3)13(12)16(17)18/h5-7,10,14H,8-9H2,1-4H3. The summed E-state index contributed by atoms with van der Waals surface area (Å²) in [6, 6.07) is 5.34. The first-order chi connectivity index (χ1) is 8.47. The summed E-state index contributed by atoms with van der Waals surface area (Å²) in [6.45, 7) is 5.10.